The van der Waals surface area contributed by atoms with Gasteiger partial charge in [0, 0.05) is 6.04 Å². The SMILES string of the molecule is CCN(Cc1ccc(CO)o1)C1CCC1. The Balaban J connectivity index is 1.93. The third-order valence-corrected chi connectivity index (χ3v) is 3.23. The predicted molar refractivity (Wildman–Crippen MR) is 58.4 cm³/mol. The first-order valence-corrected chi connectivity index (χ1v) is 5.76. The van der Waals surface area contributed by atoms with Gasteiger partial charge in [-0.1, -0.05) is 13.3 Å². The summed E-state index contributed by atoms with van der Waals surface area (Å²) >= 11 is 0. The third-order valence-electron chi connectivity index (χ3n) is 3.23. The van der Waals surface area contributed by atoms with Gasteiger partial charge >= 0.3 is 0 Å². The lowest BCUT2D eigenvalue weighted by atomic mass is 9.91. The van der Waals surface area contributed by atoms with Gasteiger partial charge in [0.05, 0.1) is 6.54 Å². The first-order valence-electron chi connectivity index (χ1n) is 5.76. The molecule has 1 fully saturated rings. The van der Waals surface area contributed by atoms with E-state index < -0.39 is 0 Å². The maximum Gasteiger partial charge on any atom is 0.129 e. The summed E-state index contributed by atoms with van der Waals surface area (Å²) in [5.74, 6) is 1.63. The molecule has 2 rings (SSSR count). The Bertz CT molecular complexity index is 304. The highest BCUT2D eigenvalue weighted by atomic mass is 16.4. The van der Waals surface area contributed by atoms with Crippen LogP contribution >= 0.6 is 0 Å². The van der Waals surface area contributed by atoms with Crippen LogP contribution in [-0.4, -0.2) is 22.6 Å². The Morgan fingerprint density at radius 2 is 2.13 bits per heavy atom. The third kappa shape index (κ3) is 2.41. The standard InChI is InChI=1S/C12H19NO2/c1-2-13(10-4-3-5-10)8-11-6-7-12(9-14)15-11/h6-7,10,14H,2-5,8-9H2,1H3. The van der Waals surface area contributed by atoms with Gasteiger partial charge in [-0.3, -0.25) is 4.90 Å². The maximum absolute atomic E-state index is 8.90. The summed E-state index contributed by atoms with van der Waals surface area (Å²) in [6.45, 7) is 4.13. The van der Waals surface area contributed by atoms with E-state index in [1.165, 1.54) is 19.3 Å². The number of aliphatic hydroxyl groups excluding tert-OH is 1. The molecule has 0 atom stereocenters. The van der Waals surface area contributed by atoms with Gasteiger partial charge in [0.1, 0.15) is 18.1 Å². The van der Waals surface area contributed by atoms with Gasteiger partial charge < -0.3 is 9.52 Å². The molecule has 1 N–H and O–H groups in total. The van der Waals surface area contributed by atoms with E-state index in [0.717, 1.165) is 24.9 Å². The van der Waals surface area contributed by atoms with Crippen molar-refractivity contribution < 1.29 is 9.52 Å². The number of nitrogens with zero attached hydrogens (tertiary/aromatic N) is 1. The minimum atomic E-state index is -0.00441. The van der Waals surface area contributed by atoms with Crippen molar-refractivity contribution >= 4 is 0 Å². The van der Waals surface area contributed by atoms with Crippen molar-refractivity contribution in [1.29, 1.82) is 0 Å². The molecule has 1 aromatic rings. The molecule has 0 amide bonds. The average Bonchev–Trinajstić information content (AvgIpc) is 2.61. The predicted octanol–water partition coefficient (Wildman–Crippen LogP) is 2.15. The van der Waals surface area contributed by atoms with E-state index >= 15 is 0 Å². The molecule has 0 radical (unpaired) electrons. The average molecular weight is 209 g/mol. The fraction of sp³-hybridized carbons (Fsp3) is 0.667. The van der Waals surface area contributed by atoms with Crippen molar-refractivity contribution in [1.82, 2.24) is 4.90 Å². The molecule has 0 aromatic carbocycles. The van der Waals surface area contributed by atoms with Crippen molar-refractivity contribution in [3.05, 3.63) is 23.7 Å². The lowest BCUT2D eigenvalue weighted by Gasteiger charge is -2.36. The Labute approximate surface area is 90.7 Å². The molecule has 0 saturated heterocycles. The lowest BCUT2D eigenvalue weighted by molar-refractivity contribution is 0.116. The number of hydrogen-bond acceptors (Lipinski definition) is 3. The largest absolute Gasteiger partial charge is 0.462 e. The molecule has 0 spiro atoms. The second kappa shape index (κ2) is 4.81. The first-order chi connectivity index (χ1) is 7.33. The molecule has 15 heavy (non-hydrogen) atoms. The molecular formula is C12H19NO2. The topological polar surface area (TPSA) is 36.6 Å². The summed E-state index contributed by atoms with van der Waals surface area (Å²) < 4.78 is 5.49. The molecule has 1 aliphatic carbocycles. The van der Waals surface area contributed by atoms with Crippen LogP contribution in [0.1, 0.15) is 37.7 Å². The first kappa shape index (κ1) is 10.7. The Morgan fingerprint density at radius 1 is 1.40 bits per heavy atom. The summed E-state index contributed by atoms with van der Waals surface area (Å²) in [5, 5.41) is 8.90. The van der Waals surface area contributed by atoms with Gasteiger partial charge in [0.15, 0.2) is 0 Å². The van der Waals surface area contributed by atoms with Crippen molar-refractivity contribution in [2.24, 2.45) is 0 Å². The summed E-state index contributed by atoms with van der Waals surface area (Å²) in [4.78, 5) is 2.45. The van der Waals surface area contributed by atoms with Crippen LogP contribution in [0.5, 0.6) is 0 Å². The fourth-order valence-corrected chi connectivity index (χ4v) is 2.04. The van der Waals surface area contributed by atoms with Crippen molar-refractivity contribution in [2.45, 2.75) is 45.4 Å². The highest BCUT2D eigenvalue weighted by Gasteiger charge is 2.24. The molecule has 84 valence electrons. The van der Waals surface area contributed by atoms with E-state index in [-0.39, 0.29) is 6.61 Å². The summed E-state index contributed by atoms with van der Waals surface area (Å²) in [7, 11) is 0. The maximum atomic E-state index is 8.90. The summed E-state index contributed by atoms with van der Waals surface area (Å²) in [6.07, 6.45) is 4.00. The fourth-order valence-electron chi connectivity index (χ4n) is 2.04. The van der Waals surface area contributed by atoms with Gasteiger partial charge in [-0.2, -0.15) is 0 Å². The minimum absolute atomic E-state index is 0.00441. The zero-order valence-corrected chi connectivity index (χ0v) is 9.28. The molecule has 3 heteroatoms. The summed E-state index contributed by atoms with van der Waals surface area (Å²) in [5.41, 5.74) is 0. The normalized spacial score (nSPS) is 17.0. The van der Waals surface area contributed by atoms with Gasteiger partial charge in [-0.25, -0.2) is 0 Å². The smallest absolute Gasteiger partial charge is 0.129 e. The number of furan rings is 1. The van der Waals surface area contributed by atoms with Gasteiger partial charge in [-0.15, -0.1) is 0 Å². The monoisotopic (exact) mass is 209 g/mol. The van der Waals surface area contributed by atoms with Gasteiger partial charge in [0.25, 0.3) is 0 Å². The van der Waals surface area contributed by atoms with E-state index in [2.05, 4.69) is 11.8 Å². The second-order valence-corrected chi connectivity index (χ2v) is 4.17. The van der Waals surface area contributed by atoms with Crippen LogP contribution in [0.3, 0.4) is 0 Å². The molecule has 0 unspecified atom stereocenters. The van der Waals surface area contributed by atoms with E-state index in [9.17, 15) is 0 Å². The molecule has 1 aliphatic rings. The highest BCUT2D eigenvalue weighted by molar-refractivity contribution is 5.06. The van der Waals surface area contributed by atoms with Crippen LogP contribution in [-0.2, 0) is 13.2 Å². The molecule has 1 heterocycles. The zero-order chi connectivity index (χ0) is 10.7. The lowest BCUT2D eigenvalue weighted by Crippen LogP contribution is -2.39. The molecule has 3 nitrogen and oxygen atoms in total. The van der Waals surface area contributed by atoms with Crippen molar-refractivity contribution in [2.75, 3.05) is 6.54 Å². The van der Waals surface area contributed by atoms with Gasteiger partial charge in [-0.05, 0) is 31.5 Å². The highest BCUT2D eigenvalue weighted by Crippen LogP contribution is 2.26. The quantitative estimate of drug-likeness (QED) is 0.807. The Hall–Kier alpha value is -0.800. The Morgan fingerprint density at radius 3 is 2.60 bits per heavy atom. The van der Waals surface area contributed by atoms with E-state index in [4.69, 9.17) is 9.52 Å². The molecule has 0 bridgehead atoms. The van der Waals surface area contributed by atoms with E-state index in [1.807, 2.05) is 12.1 Å². The van der Waals surface area contributed by atoms with Crippen LogP contribution in [0, 0.1) is 0 Å². The molecular weight excluding hydrogens is 190 g/mol. The van der Waals surface area contributed by atoms with E-state index in [1.54, 1.807) is 0 Å². The zero-order valence-electron chi connectivity index (χ0n) is 9.28. The van der Waals surface area contributed by atoms with Gasteiger partial charge in [0.2, 0.25) is 0 Å². The van der Waals surface area contributed by atoms with Crippen molar-refractivity contribution in [3.63, 3.8) is 0 Å². The van der Waals surface area contributed by atoms with E-state index in [0.29, 0.717) is 5.76 Å². The summed E-state index contributed by atoms with van der Waals surface area (Å²) in [6, 6.07) is 4.56. The Kier molecular flexibility index (Phi) is 3.44. The van der Waals surface area contributed by atoms with Crippen LogP contribution in [0.4, 0.5) is 0 Å². The molecule has 0 aliphatic heterocycles. The second-order valence-electron chi connectivity index (χ2n) is 4.17. The minimum Gasteiger partial charge on any atom is -0.462 e. The van der Waals surface area contributed by atoms with Crippen LogP contribution in [0.2, 0.25) is 0 Å². The van der Waals surface area contributed by atoms with Crippen LogP contribution in [0.25, 0.3) is 0 Å². The number of rotatable bonds is 5. The van der Waals surface area contributed by atoms with Crippen LogP contribution in [0.15, 0.2) is 16.5 Å². The number of aliphatic hydroxyl groups is 1. The molecule has 1 aromatic heterocycles. The number of hydrogen-bond donors (Lipinski definition) is 1. The van der Waals surface area contributed by atoms with Crippen LogP contribution < -0.4 is 0 Å². The van der Waals surface area contributed by atoms with Crippen molar-refractivity contribution in [3.8, 4) is 0 Å². The molecule has 1 saturated carbocycles.